The third-order valence-corrected chi connectivity index (χ3v) is 6.34. The second-order valence-corrected chi connectivity index (χ2v) is 8.59. The molecule has 0 radical (unpaired) electrons. The average Bonchev–Trinajstić information content (AvgIpc) is 2.97. The van der Waals surface area contributed by atoms with Gasteiger partial charge in [0.15, 0.2) is 0 Å². The Morgan fingerprint density at radius 1 is 1.19 bits per heavy atom. The number of hydrogen-bond acceptors (Lipinski definition) is 5. The van der Waals surface area contributed by atoms with E-state index >= 15 is 0 Å². The van der Waals surface area contributed by atoms with Gasteiger partial charge in [-0.05, 0) is 46.3 Å². The molecule has 0 unspecified atom stereocenters. The van der Waals surface area contributed by atoms with E-state index < -0.39 is 10.0 Å². The number of para-hydroxylation sites is 2. The molecule has 0 saturated carbocycles. The van der Waals surface area contributed by atoms with Gasteiger partial charge in [0, 0.05) is 8.95 Å². The van der Waals surface area contributed by atoms with Crippen LogP contribution in [0.5, 0.6) is 0 Å². The molecule has 3 rings (SSSR count). The van der Waals surface area contributed by atoms with E-state index in [0.29, 0.717) is 14.6 Å². The summed E-state index contributed by atoms with van der Waals surface area (Å²) in [5.41, 5.74) is 6.81. The first-order valence-corrected chi connectivity index (χ1v) is 10.2. The van der Waals surface area contributed by atoms with Crippen LogP contribution in [0.4, 0.5) is 11.5 Å². The lowest BCUT2D eigenvalue weighted by Gasteiger charge is -2.14. The summed E-state index contributed by atoms with van der Waals surface area (Å²) in [4.78, 5) is 0.0767. The van der Waals surface area contributed by atoms with Crippen LogP contribution in [0.1, 0.15) is 5.56 Å². The molecular formula is C16H11Br2N5O2S. The minimum absolute atomic E-state index is 0.0767. The maximum absolute atomic E-state index is 12.8. The van der Waals surface area contributed by atoms with Gasteiger partial charge < -0.3 is 5.73 Å². The second-order valence-electron chi connectivity index (χ2n) is 5.16. The highest BCUT2D eigenvalue weighted by Gasteiger charge is 2.21. The van der Waals surface area contributed by atoms with Gasteiger partial charge in [0.1, 0.15) is 22.3 Å². The fourth-order valence-corrected chi connectivity index (χ4v) is 4.84. The van der Waals surface area contributed by atoms with Crippen molar-refractivity contribution in [2.45, 2.75) is 4.90 Å². The highest BCUT2D eigenvalue weighted by atomic mass is 79.9. The van der Waals surface area contributed by atoms with E-state index in [1.54, 1.807) is 36.4 Å². The van der Waals surface area contributed by atoms with Gasteiger partial charge in [-0.15, -0.1) is 0 Å². The molecule has 0 amide bonds. The number of nitrogen functional groups attached to an aromatic ring is 1. The van der Waals surface area contributed by atoms with Gasteiger partial charge >= 0.3 is 0 Å². The molecule has 1 aromatic heterocycles. The molecule has 2 aromatic carbocycles. The lowest BCUT2D eigenvalue weighted by molar-refractivity contribution is 0.600. The first-order valence-electron chi connectivity index (χ1n) is 7.14. The van der Waals surface area contributed by atoms with Crippen LogP contribution < -0.4 is 10.5 Å². The molecule has 0 aliphatic carbocycles. The first kappa shape index (κ1) is 18.4. The van der Waals surface area contributed by atoms with Gasteiger partial charge in [0.25, 0.3) is 10.0 Å². The lowest BCUT2D eigenvalue weighted by atomic mass is 10.2. The number of hydrogen-bond donors (Lipinski definition) is 2. The highest BCUT2D eigenvalue weighted by molar-refractivity contribution is 9.11. The van der Waals surface area contributed by atoms with Crippen LogP contribution in [0.2, 0.25) is 0 Å². The molecule has 0 aliphatic rings. The number of rotatable bonds is 4. The van der Waals surface area contributed by atoms with E-state index in [0.717, 1.165) is 0 Å². The molecule has 0 atom stereocenters. The van der Waals surface area contributed by atoms with Crippen LogP contribution in [-0.2, 0) is 10.0 Å². The van der Waals surface area contributed by atoms with Crippen LogP contribution in [-0.4, -0.2) is 18.2 Å². The Kier molecular flexibility index (Phi) is 5.04. The largest absolute Gasteiger partial charge is 0.382 e. The van der Waals surface area contributed by atoms with Gasteiger partial charge in [0.2, 0.25) is 0 Å². The van der Waals surface area contributed by atoms with E-state index in [2.05, 4.69) is 41.7 Å². The second kappa shape index (κ2) is 7.11. The fourth-order valence-electron chi connectivity index (χ4n) is 2.26. The molecule has 3 aromatic rings. The normalized spacial score (nSPS) is 11.1. The standard InChI is InChI=1S/C16H11Br2N5O2S/c17-11-5-6-12(18)15(7-11)26(24,25)22-13-3-1-2-4-14(13)23-16(20)10(8-19)9-21-23/h1-7,9,22H,20H2. The van der Waals surface area contributed by atoms with Crippen LogP contribution in [0, 0.1) is 11.3 Å². The van der Waals surface area contributed by atoms with E-state index in [1.807, 2.05) is 6.07 Å². The minimum atomic E-state index is -3.88. The minimum Gasteiger partial charge on any atom is -0.382 e. The molecule has 0 saturated heterocycles. The Hall–Kier alpha value is -2.35. The molecule has 7 nitrogen and oxygen atoms in total. The Morgan fingerprint density at radius 3 is 2.62 bits per heavy atom. The summed E-state index contributed by atoms with van der Waals surface area (Å²) in [7, 11) is -3.88. The molecule has 132 valence electrons. The van der Waals surface area contributed by atoms with E-state index in [-0.39, 0.29) is 22.0 Å². The fraction of sp³-hybridized carbons (Fsp3) is 0. The third kappa shape index (κ3) is 3.46. The van der Waals surface area contributed by atoms with Crippen LogP contribution in [0.25, 0.3) is 5.69 Å². The number of sulfonamides is 1. The van der Waals surface area contributed by atoms with E-state index in [4.69, 9.17) is 11.0 Å². The number of halogens is 2. The van der Waals surface area contributed by atoms with Crippen molar-refractivity contribution in [3.8, 4) is 11.8 Å². The molecule has 0 aliphatic heterocycles. The van der Waals surface area contributed by atoms with Crippen molar-refractivity contribution in [1.82, 2.24) is 9.78 Å². The summed E-state index contributed by atoms with van der Waals surface area (Å²) in [6, 6.07) is 13.4. The van der Waals surface area contributed by atoms with Crippen molar-refractivity contribution in [1.29, 1.82) is 5.26 Å². The highest BCUT2D eigenvalue weighted by Crippen LogP contribution is 2.30. The van der Waals surface area contributed by atoms with Crippen molar-refractivity contribution in [3.05, 3.63) is 63.2 Å². The Balaban J connectivity index is 2.08. The SMILES string of the molecule is N#Cc1cnn(-c2ccccc2NS(=O)(=O)c2cc(Br)ccc2Br)c1N. The monoisotopic (exact) mass is 495 g/mol. The van der Waals surface area contributed by atoms with Gasteiger partial charge in [-0.3, -0.25) is 4.72 Å². The van der Waals surface area contributed by atoms with Crippen molar-refractivity contribution in [2.24, 2.45) is 0 Å². The topological polar surface area (TPSA) is 114 Å². The van der Waals surface area contributed by atoms with Gasteiger partial charge in [-0.2, -0.15) is 10.4 Å². The molecule has 10 heteroatoms. The zero-order valence-electron chi connectivity index (χ0n) is 13.0. The zero-order chi connectivity index (χ0) is 18.9. The van der Waals surface area contributed by atoms with Crippen LogP contribution in [0.15, 0.2) is 62.5 Å². The summed E-state index contributed by atoms with van der Waals surface area (Å²) in [5.74, 6) is 0.128. The maximum Gasteiger partial charge on any atom is 0.263 e. The molecule has 0 fully saturated rings. The lowest BCUT2D eigenvalue weighted by Crippen LogP contribution is -2.16. The smallest absolute Gasteiger partial charge is 0.263 e. The number of nitrogens with zero attached hydrogens (tertiary/aromatic N) is 3. The van der Waals surface area contributed by atoms with Crippen molar-refractivity contribution in [2.75, 3.05) is 10.5 Å². The molecule has 3 N–H and O–H groups in total. The summed E-state index contributed by atoms with van der Waals surface area (Å²) in [5, 5.41) is 13.1. The molecular weight excluding hydrogens is 486 g/mol. The number of aromatic nitrogens is 2. The summed E-state index contributed by atoms with van der Waals surface area (Å²) in [6.07, 6.45) is 1.32. The third-order valence-electron chi connectivity index (χ3n) is 3.49. The number of nitrogens with one attached hydrogen (secondary N) is 1. The number of benzene rings is 2. The summed E-state index contributed by atoms with van der Waals surface area (Å²) < 4.78 is 30.6. The Bertz CT molecular complexity index is 1140. The predicted octanol–water partition coefficient (Wildman–Crippen LogP) is 3.65. The van der Waals surface area contributed by atoms with E-state index in [1.165, 1.54) is 16.9 Å². The average molecular weight is 497 g/mol. The summed E-state index contributed by atoms with van der Waals surface area (Å²) in [6.45, 7) is 0. The van der Waals surface area contributed by atoms with Crippen molar-refractivity contribution < 1.29 is 8.42 Å². The van der Waals surface area contributed by atoms with Gasteiger partial charge in [-0.25, -0.2) is 13.1 Å². The van der Waals surface area contributed by atoms with E-state index in [9.17, 15) is 8.42 Å². The Labute approximate surface area is 166 Å². The number of nitrogens with two attached hydrogens (primary N) is 1. The predicted molar refractivity (Wildman–Crippen MR) is 105 cm³/mol. The van der Waals surface area contributed by atoms with Crippen LogP contribution >= 0.6 is 31.9 Å². The van der Waals surface area contributed by atoms with Crippen LogP contribution in [0.3, 0.4) is 0 Å². The first-order chi connectivity index (χ1) is 12.3. The summed E-state index contributed by atoms with van der Waals surface area (Å²) >= 11 is 6.53. The quantitative estimate of drug-likeness (QED) is 0.572. The maximum atomic E-state index is 12.8. The number of nitriles is 1. The Morgan fingerprint density at radius 2 is 1.92 bits per heavy atom. The molecule has 0 bridgehead atoms. The van der Waals surface area contributed by atoms with Gasteiger partial charge in [0.05, 0.1) is 17.6 Å². The zero-order valence-corrected chi connectivity index (χ0v) is 17.0. The molecule has 0 spiro atoms. The molecule has 1 heterocycles. The molecule has 26 heavy (non-hydrogen) atoms. The van der Waals surface area contributed by atoms with Crippen molar-refractivity contribution in [3.63, 3.8) is 0 Å². The number of anilines is 2. The van der Waals surface area contributed by atoms with Gasteiger partial charge in [-0.1, -0.05) is 28.1 Å². The van der Waals surface area contributed by atoms with Crippen molar-refractivity contribution >= 4 is 53.4 Å².